The van der Waals surface area contributed by atoms with E-state index in [-0.39, 0.29) is 5.91 Å². The van der Waals surface area contributed by atoms with E-state index >= 15 is 0 Å². The first-order chi connectivity index (χ1) is 9.59. The second-order valence-electron chi connectivity index (χ2n) is 4.98. The SMILES string of the molecule is C[C@]1(c2ccc(-c3ccccc3)cc2)NC(=O)NC1=O. The quantitative estimate of drug-likeness (QED) is 0.820. The number of benzene rings is 2. The average Bonchev–Trinajstić information content (AvgIpc) is 2.74. The van der Waals surface area contributed by atoms with Gasteiger partial charge < -0.3 is 5.32 Å². The van der Waals surface area contributed by atoms with Gasteiger partial charge in [0.15, 0.2) is 0 Å². The molecule has 0 radical (unpaired) electrons. The highest BCUT2D eigenvalue weighted by molar-refractivity contribution is 6.07. The lowest BCUT2D eigenvalue weighted by molar-refractivity contribution is -0.123. The average molecular weight is 266 g/mol. The molecule has 4 heteroatoms. The number of hydrogen-bond acceptors (Lipinski definition) is 2. The van der Waals surface area contributed by atoms with E-state index in [0.29, 0.717) is 0 Å². The van der Waals surface area contributed by atoms with Gasteiger partial charge in [-0.05, 0) is 23.6 Å². The highest BCUT2D eigenvalue weighted by atomic mass is 16.2. The molecule has 1 aliphatic heterocycles. The maximum atomic E-state index is 11.9. The zero-order valence-corrected chi connectivity index (χ0v) is 11.0. The summed E-state index contributed by atoms with van der Waals surface area (Å²) >= 11 is 0. The molecule has 20 heavy (non-hydrogen) atoms. The van der Waals surface area contributed by atoms with Crippen LogP contribution < -0.4 is 10.6 Å². The molecule has 1 fully saturated rings. The summed E-state index contributed by atoms with van der Waals surface area (Å²) in [7, 11) is 0. The summed E-state index contributed by atoms with van der Waals surface area (Å²) in [5.41, 5.74) is 1.96. The molecule has 1 heterocycles. The molecule has 0 unspecified atom stereocenters. The Kier molecular flexibility index (Phi) is 2.79. The molecule has 2 aromatic rings. The lowest BCUT2D eigenvalue weighted by Gasteiger charge is -2.21. The second-order valence-corrected chi connectivity index (χ2v) is 4.98. The van der Waals surface area contributed by atoms with Gasteiger partial charge in [-0.25, -0.2) is 4.79 Å². The Bertz CT molecular complexity index is 665. The largest absolute Gasteiger partial charge is 0.322 e. The Morgan fingerprint density at radius 2 is 1.45 bits per heavy atom. The van der Waals surface area contributed by atoms with Gasteiger partial charge in [0.2, 0.25) is 0 Å². The molecule has 0 aliphatic carbocycles. The number of carbonyl (C=O) groups is 2. The van der Waals surface area contributed by atoms with E-state index in [1.807, 2.05) is 54.6 Å². The van der Waals surface area contributed by atoms with Crippen LogP contribution in [0.5, 0.6) is 0 Å². The van der Waals surface area contributed by atoms with Crippen molar-refractivity contribution in [2.45, 2.75) is 12.5 Å². The molecule has 3 amide bonds. The number of rotatable bonds is 2. The van der Waals surface area contributed by atoms with E-state index in [1.165, 1.54) is 0 Å². The minimum Gasteiger partial charge on any atom is -0.320 e. The molecule has 2 aromatic carbocycles. The predicted molar refractivity (Wildman–Crippen MR) is 75.9 cm³/mol. The van der Waals surface area contributed by atoms with Crippen molar-refractivity contribution in [2.24, 2.45) is 0 Å². The maximum absolute atomic E-state index is 11.9. The monoisotopic (exact) mass is 266 g/mol. The molecule has 0 bridgehead atoms. The van der Waals surface area contributed by atoms with Gasteiger partial charge in [0.1, 0.15) is 5.54 Å². The number of imide groups is 1. The Labute approximate surface area is 116 Å². The zero-order valence-electron chi connectivity index (χ0n) is 11.0. The van der Waals surface area contributed by atoms with Crippen molar-refractivity contribution in [3.05, 3.63) is 60.2 Å². The van der Waals surface area contributed by atoms with Crippen molar-refractivity contribution < 1.29 is 9.59 Å². The van der Waals surface area contributed by atoms with Crippen molar-refractivity contribution in [1.29, 1.82) is 0 Å². The summed E-state index contributed by atoms with van der Waals surface area (Å²) in [4.78, 5) is 23.2. The van der Waals surface area contributed by atoms with E-state index < -0.39 is 11.6 Å². The lowest BCUT2D eigenvalue weighted by atomic mass is 9.91. The van der Waals surface area contributed by atoms with Crippen LogP contribution in [-0.4, -0.2) is 11.9 Å². The molecular weight excluding hydrogens is 252 g/mol. The van der Waals surface area contributed by atoms with Gasteiger partial charge in [-0.15, -0.1) is 0 Å². The number of carbonyl (C=O) groups excluding carboxylic acids is 2. The topological polar surface area (TPSA) is 58.2 Å². The molecule has 0 aromatic heterocycles. The zero-order chi connectivity index (χ0) is 14.2. The molecule has 4 nitrogen and oxygen atoms in total. The number of nitrogens with one attached hydrogen (secondary N) is 2. The van der Waals surface area contributed by atoms with Crippen LogP contribution in [0, 0.1) is 0 Å². The van der Waals surface area contributed by atoms with Gasteiger partial charge in [0.25, 0.3) is 5.91 Å². The molecule has 1 saturated heterocycles. The van der Waals surface area contributed by atoms with Crippen LogP contribution in [0.15, 0.2) is 54.6 Å². The van der Waals surface area contributed by atoms with Crippen LogP contribution in [0.25, 0.3) is 11.1 Å². The third-order valence-electron chi connectivity index (χ3n) is 3.61. The fraction of sp³-hybridized carbons (Fsp3) is 0.125. The van der Waals surface area contributed by atoms with E-state index in [2.05, 4.69) is 10.6 Å². The molecule has 1 aliphatic rings. The molecule has 0 spiro atoms. The van der Waals surface area contributed by atoms with Gasteiger partial charge >= 0.3 is 6.03 Å². The smallest absolute Gasteiger partial charge is 0.320 e. The summed E-state index contributed by atoms with van der Waals surface area (Å²) in [5, 5.41) is 4.92. The number of hydrogen-bond donors (Lipinski definition) is 2. The molecule has 2 N–H and O–H groups in total. The molecule has 100 valence electrons. The first-order valence-corrected chi connectivity index (χ1v) is 6.39. The first-order valence-electron chi connectivity index (χ1n) is 6.39. The molecule has 3 rings (SSSR count). The summed E-state index contributed by atoms with van der Waals surface area (Å²) < 4.78 is 0. The van der Waals surface area contributed by atoms with Crippen LogP contribution in [0.2, 0.25) is 0 Å². The van der Waals surface area contributed by atoms with E-state index in [0.717, 1.165) is 16.7 Å². The standard InChI is InChI=1S/C16H14N2O2/c1-16(14(19)17-15(20)18-16)13-9-7-12(8-10-13)11-5-3-2-4-6-11/h2-10H,1H3,(H2,17,18,19,20)/t16-/m1/s1. The predicted octanol–water partition coefficient (Wildman–Crippen LogP) is 2.41. The van der Waals surface area contributed by atoms with E-state index in [4.69, 9.17) is 0 Å². The molecule has 0 saturated carbocycles. The normalized spacial score (nSPS) is 21.4. The lowest BCUT2D eigenvalue weighted by Crippen LogP contribution is -2.40. The Hall–Kier alpha value is -2.62. The van der Waals surface area contributed by atoms with Gasteiger partial charge in [-0.2, -0.15) is 0 Å². The van der Waals surface area contributed by atoms with Crippen molar-refractivity contribution in [2.75, 3.05) is 0 Å². The summed E-state index contributed by atoms with van der Waals surface area (Å²) in [6.07, 6.45) is 0. The van der Waals surface area contributed by atoms with Crippen molar-refractivity contribution >= 4 is 11.9 Å². The van der Waals surface area contributed by atoms with Crippen LogP contribution in [0.1, 0.15) is 12.5 Å². The molecule has 1 atom stereocenters. The number of urea groups is 1. The second kappa shape index (κ2) is 4.49. The minimum atomic E-state index is -0.994. The minimum absolute atomic E-state index is 0.324. The van der Waals surface area contributed by atoms with E-state index in [1.54, 1.807) is 6.92 Å². The Morgan fingerprint density at radius 1 is 0.850 bits per heavy atom. The van der Waals surface area contributed by atoms with Crippen LogP contribution in [0.3, 0.4) is 0 Å². The van der Waals surface area contributed by atoms with Crippen molar-refractivity contribution in [1.82, 2.24) is 10.6 Å². The van der Waals surface area contributed by atoms with Gasteiger partial charge in [0, 0.05) is 0 Å². The van der Waals surface area contributed by atoms with Crippen LogP contribution in [0.4, 0.5) is 4.79 Å². The van der Waals surface area contributed by atoms with Crippen molar-refractivity contribution in [3.63, 3.8) is 0 Å². The van der Waals surface area contributed by atoms with Crippen LogP contribution >= 0.6 is 0 Å². The summed E-state index contributed by atoms with van der Waals surface area (Å²) in [6.45, 7) is 1.70. The van der Waals surface area contributed by atoms with Gasteiger partial charge in [-0.1, -0.05) is 54.6 Å². The fourth-order valence-electron chi connectivity index (χ4n) is 2.37. The summed E-state index contributed by atoms with van der Waals surface area (Å²) in [5.74, 6) is -0.324. The van der Waals surface area contributed by atoms with Gasteiger partial charge in [-0.3, -0.25) is 10.1 Å². The fourth-order valence-corrected chi connectivity index (χ4v) is 2.37. The molecular formula is C16H14N2O2. The third-order valence-corrected chi connectivity index (χ3v) is 3.61. The Morgan fingerprint density at radius 3 is 2.00 bits per heavy atom. The van der Waals surface area contributed by atoms with E-state index in [9.17, 15) is 9.59 Å². The third kappa shape index (κ3) is 1.95. The summed E-state index contributed by atoms with van der Waals surface area (Å²) in [6, 6.07) is 17.2. The van der Waals surface area contributed by atoms with Crippen LogP contribution in [-0.2, 0) is 10.3 Å². The highest BCUT2D eigenvalue weighted by Gasteiger charge is 2.43. The Balaban J connectivity index is 1.94. The van der Waals surface area contributed by atoms with Gasteiger partial charge in [0.05, 0.1) is 0 Å². The maximum Gasteiger partial charge on any atom is 0.322 e. The highest BCUT2D eigenvalue weighted by Crippen LogP contribution is 2.27. The first kappa shape index (κ1) is 12.4. The number of amides is 3. The van der Waals surface area contributed by atoms with Crippen molar-refractivity contribution in [3.8, 4) is 11.1 Å².